The summed E-state index contributed by atoms with van der Waals surface area (Å²) >= 11 is 0. The lowest BCUT2D eigenvalue weighted by Gasteiger charge is -2.27. The molecule has 0 nitrogen and oxygen atoms in total. The number of halogens is 2. The molecule has 0 spiro atoms. The van der Waals surface area contributed by atoms with Gasteiger partial charge < -0.3 is 0 Å². The van der Waals surface area contributed by atoms with Gasteiger partial charge in [-0.05, 0) is 72.8 Å². The van der Waals surface area contributed by atoms with Crippen molar-refractivity contribution in [3.05, 3.63) is 72.1 Å². The molecule has 3 rings (SSSR count). The van der Waals surface area contributed by atoms with Gasteiger partial charge in [-0.25, -0.2) is 4.39 Å². The minimum absolute atomic E-state index is 0.201. The van der Waals surface area contributed by atoms with E-state index in [2.05, 4.69) is 30.3 Å². The van der Waals surface area contributed by atoms with Crippen molar-refractivity contribution in [2.75, 3.05) is 6.67 Å². The van der Waals surface area contributed by atoms with Crippen molar-refractivity contribution in [1.29, 1.82) is 0 Å². The zero-order valence-electron chi connectivity index (χ0n) is 13.9. The number of benzene rings is 2. The van der Waals surface area contributed by atoms with Crippen molar-refractivity contribution in [3.8, 4) is 11.1 Å². The van der Waals surface area contributed by atoms with Gasteiger partial charge in [-0.2, -0.15) is 0 Å². The monoisotopic (exact) mass is 326 g/mol. The molecule has 1 fully saturated rings. The molecule has 0 N–H and O–H groups in total. The van der Waals surface area contributed by atoms with E-state index in [1.165, 1.54) is 43.4 Å². The first-order valence-corrected chi connectivity index (χ1v) is 8.85. The van der Waals surface area contributed by atoms with E-state index >= 15 is 0 Å². The number of rotatable bonds is 5. The fourth-order valence-electron chi connectivity index (χ4n) is 3.59. The van der Waals surface area contributed by atoms with Gasteiger partial charge in [-0.1, -0.05) is 48.6 Å². The maximum atomic E-state index is 13.0. The van der Waals surface area contributed by atoms with Crippen molar-refractivity contribution < 1.29 is 8.78 Å². The molecule has 2 aromatic rings. The van der Waals surface area contributed by atoms with E-state index in [-0.39, 0.29) is 12.5 Å². The summed E-state index contributed by atoms with van der Waals surface area (Å²) < 4.78 is 25.2. The maximum Gasteiger partial charge on any atom is 0.123 e. The molecule has 0 heterocycles. The molecule has 126 valence electrons. The molecule has 1 aliphatic rings. The highest BCUT2D eigenvalue weighted by Crippen LogP contribution is 2.37. The Bertz CT molecular complexity index is 647. The van der Waals surface area contributed by atoms with E-state index in [4.69, 9.17) is 0 Å². The van der Waals surface area contributed by atoms with Crippen LogP contribution in [0.15, 0.2) is 60.7 Å². The normalized spacial score (nSPS) is 21.2. The predicted molar refractivity (Wildman–Crippen MR) is 96.3 cm³/mol. The highest BCUT2D eigenvalue weighted by atomic mass is 19.1. The van der Waals surface area contributed by atoms with Gasteiger partial charge in [-0.3, -0.25) is 4.39 Å². The van der Waals surface area contributed by atoms with Crippen LogP contribution < -0.4 is 0 Å². The summed E-state index contributed by atoms with van der Waals surface area (Å²) in [6.07, 6.45) is 9.50. The number of allylic oxidation sites excluding steroid dienone is 2. The SMILES string of the molecule is FCC/C=C/C1CCC(c2ccc(-c3ccc(F)cc3)cc2)CC1. The first-order valence-electron chi connectivity index (χ1n) is 8.85. The van der Waals surface area contributed by atoms with Crippen molar-refractivity contribution in [3.63, 3.8) is 0 Å². The van der Waals surface area contributed by atoms with Gasteiger partial charge in [0.1, 0.15) is 5.82 Å². The molecule has 1 aliphatic carbocycles. The Balaban J connectivity index is 1.59. The smallest absolute Gasteiger partial charge is 0.123 e. The molecule has 2 heteroatoms. The van der Waals surface area contributed by atoms with Crippen molar-refractivity contribution in [2.45, 2.75) is 38.0 Å². The molecule has 0 amide bonds. The van der Waals surface area contributed by atoms with Crippen LogP contribution in [0.5, 0.6) is 0 Å². The highest BCUT2D eigenvalue weighted by molar-refractivity contribution is 5.63. The van der Waals surface area contributed by atoms with Crippen LogP contribution in [0.3, 0.4) is 0 Å². The predicted octanol–water partition coefficient (Wildman–Crippen LogP) is 6.68. The summed E-state index contributed by atoms with van der Waals surface area (Å²) in [5.41, 5.74) is 3.57. The van der Waals surface area contributed by atoms with E-state index < -0.39 is 0 Å². The molecular formula is C22H24F2. The Morgan fingerprint density at radius 1 is 0.833 bits per heavy atom. The molecule has 24 heavy (non-hydrogen) atoms. The van der Waals surface area contributed by atoms with Crippen molar-refractivity contribution in [1.82, 2.24) is 0 Å². The third-order valence-corrected chi connectivity index (χ3v) is 5.02. The summed E-state index contributed by atoms with van der Waals surface area (Å²) in [6, 6.07) is 15.3. The zero-order valence-corrected chi connectivity index (χ0v) is 13.9. The summed E-state index contributed by atoms with van der Waals surface area (Å²) in [5, 5.41) is 0. The van der Waals surface area contributed by atoms with Gasteiger partial charge in [0.05, 0.1) is 6.67 Å². The van der Waals surface area contributed by atoms with E-state index in [9.17, 15) is 8.78 Å². The van der Waals surface area contributed by atoms with Crippen LogP contribution in [-0.4, -0.2) is 6.67 Å². The third kappa shape index (κ3) is 4.31. The van der Waals surface area contributed by atoms with Crippen LogP contribution in [-0.2, 0) is 0 Å². The molecule has 1 saturated carbocycles. The first kappa shape index (κ1) is 16.9. The average molecular weight is 326 g/mol. The first-order chi connectivity index (χ1) is 11.8. The second kappa shape index (κ2) is 8.23. The largest absolute Gasteiger partial charge is 0.251 e. The topological polar surface area (TPSA) is 0 Å². The second-order valence-electron chi connectivity index (χ2n) is 6.65. The van der Waals surface area contributed by atoms with Gasteiger partial charge >= 0.3 is 0 Å². The molecular weight excluding hydrogens is 302 g/mol. The minimum atomic E-state index is -0.258. The Morgan fingerprint density at radius 2 is 1.42 bits per heavy atom. The van der Waals surface area contributed by atoms with Gasteiger partial charge in [-0.15, -0.1) is 0 Å². The highest BCUT2D eigenvalue weighted by Gasteiger charge is 2.20. The molecule has 0 aliphatic heterocycles. The molecule has 0 bridgehead atoms. The van der Waals surface area contributed by atoms with Crippen LogP contribution in [0, 0.1) is 11.7 Å². The molecule has 0 saturated heterocycles. The molecule has 0 unspecified atom stereocenters. The Morgan fingerprint density at radius 3 is 2.00 bits per heavy atom. The van der Waals surface area contributed by atoms with E-state index in [0.717, 1.165) is 11.1 Å². The Hall–Kier alpha value is -1.96. The van der Waals surface area contributed by atoms with Gasteiger partial charge in [0, 0.05) is 0 Å². The van der Waals surface area contributed by atoms with Crippen molar-refractivity contribution in [2.24, 2.45) is 5.92 Å². The van der Waals surface area contributed by atoms with Gasteiger partial charge in [0.2, 0.25) is 0 Å². The average Bonchev–Trinajstić information content (AvgIpc) is 2.63. The lowest BCUT2D eigenvalue weighted by molar-refractivity contribution is 0.375. The Kier molecular flexibility index (Phi) is 5.79. The lowest BCUT2D eigenvalue weighted by atomic mass is 9.78. The molecule has 0 atom stereocenters. The summed E-state index contributed by atoms with van der Waals surface area (Å²) in [7, 11) is 0. The number of hydrogen-bond donors (Lipinski definition) is 0. The summed E-state index contributed by atoms with van der Waals surface area (Å²) in [6.45, 7) is -0.258. The van der Waals surface area contributed by atoms with Gasteiger partial charge in [0.15, 0.2) is 0 Å². The zero-order chi connectivity index (χ0) is 16.8. The maximum absolute atomic E-state index is 13.0. The van der Waals surface area contributed by atoms with Gasteiger partial charge in [0.25, 0.3) is 0 Å². The van der Waals surface area contributed by atoms with E-state index in [1.54, 1.807) is 0 Å². The third-order valence-electron chi connectivity index (χ3n) is 5.02. The van der Waals surface area contributed by atoms with E-state index in [0.29, 0.717) is 18.3 Å². The number of hydrogen-bond acceptors (Lipinski definition) is 0. The molecule has 2 aromatic carbocycles. The van der Waals surface area contributed by atoms with Crippen LogP contribution in [0.1, 0.15) is 43.6 Å². The van der Waals surface area contributed by atoms with Crippen LogP contribution in [0.25, 0.3) is 11.1 Å². The Labute approximate surface area is 143 Å². The molecule has 0 aromatic heterocycles. The number of alkyl halides is 1. The second-order valence-corrected chi connectivity index (χ2v) is 6.65. The van der Waals surface area contributed by atoms with E-state index in [1.807, 2.05) is 18.2 Å². The summed E-state index contributed by atoms with van der Waals surface area (Å²) in [4.78, 5) is 0. The van der Waals surface area contributed by atoms with Crippen molar-refractivity contribution >= 4 is 0 Å². The molecule has 0 radical (unpaired) electrons. The standard InChI is InChI=1S/C22H24F2/c23-16-2-1-3-17-4-6-18(7-5-17)19-8-10-20(11-9-19)21-12-14-22(24)15-13-21/h1,3,8-15,17-18H,2,4-7,16H2/b3-1+. The quantitative estimate of drug-likeness (QED) is 0.537. The minimum Gasteiger partial charge on any atom is -0.251 e. The van der Waals surface area contributed by atoms with Crippen LogP contribution >= 0.6 is 0 Å². The fraction of sp³-hybridized carbons (Fsp3) is 0.364. The van der Waals surface area contributed by atoms with Crippen LogP contribution in [0.4, 0.5) is 8.78 Å². The fourth-order valence-corrected chi connectivity index (χ4v) is 3.59. The van der Waals surface area contributed by atoms with Crippen LogP contribution in [0.2, 0.25) is 0 Å². The lowest BCUT2D eigenvalue weighted by Crippen LogP contribution is -2.11. The summed E-state index contributed by atoms with van der Waals surface area (Å²) in [5.74, 6) is 1.04.